The third-order valence-electron chi connectivity index (χ3n) is 3.27. The lowest BCUT2D eigenvalue weighted by Crippen LogP contribution is -2.24. The van der Waals surface area contributed by atoms with Crippen molar-refractivity contribution in [1.29, 1.82) is 5.26 Å². The van der Waals surface area contributed by atoms with Gasteiger partial charge in [-0.25, -0.2) is 9.97 Å². The summed E-state index contributed by atoms with van der Waals surface area (Å²) in [5.74, 6) is 1.44. The number of nitrogens with zero attached hydrogens (tertiary/aromatic N) is 6. The van der Waals surface area contributed by atoms with Crippen molar-refractivity contribution in [3.63, 3.8) is 0 Å². The van der Waals surface area contributed by atoms with Crippen LogP contribution in [0.2, 0.25) is 5.02 Å². The number of aryl methyl sites for hydroxylation is 2. The molecule has 1 aliphatic heterocycles. The molecule has 0 radical (unpaired) electrons. The molecule has 3 rings (SSSR count). The number of halogens is 1. The maximum atomic E-state index is 8.94. The quantitative estimate of drug-likeness (QED) is 0.802. The second-order valence-electron chi connectivity index (χ2n) is 4.72. The summed E-state index contributed by atoms with van der Waals surface area (Å²) in [5.41, 5.74) is 1.46. The van der Waals surface area contributed by atoms with Gasteiger partial charge in [-0.1, -0.05) is 11.6 Å². The summed E-state index contributed by atoms with van der Waals surface area (Å²) >= 11 is 6.20. The zero-order chi connectivity index (χ0) is 14.1. The topological polar surface area (TPSA) is 70.6 Å². The number of nitriles is 1. The van der Waals surface area contributed by atoms with E-state index in [1.54, 1.807) is 6.20 Å². The van der Waals surface area contributed by atoms with Gasteiger partial charge in [0.15, 0.2) is 11.5 Å². The first-order chi connectivity index (χ1) is 9.67. The van der Waals surface area contributed by atoms with Crippen molar-refractivity contribution in [2.75, 3.05) is 11.4 Å². The van der Waals surface area contributed by atoms with Gasteiger partial charge in [-0.05, 0) is 19.4 Å². The molecule has 0 unspecified atom stereocenters. The minimum atomic E-state index is 0.451. The van der Waals surface area contributed by atoms with Gasteiger partial charge in [-0.15, -0.1) is 0 Å². The molecule has 20 heavy (non-hydrogen) atoms. The molecule has 2 aromatic heterocycles. The normalized spacial score (nSPS) is 14.6. The number of hydrogen-bond donors (Lipinski definition) is 0. The minimum absolute atomic E-state index is 0.451. The molecule has 0 aliphatic carbocycles. The van der Waals surface area contributed by atoms with Crippen molar-refractivity contribution < 1.29 is 0 Å². The maximum Gasteiger partial charge on any atom is 0.162 e. The van der Waals surface area contributed by atoms with Gasteiger partial charge in [0.2, 0.25) is 0 Å². The van der Waals surface area contributed by atoms with Crippen molar-refractivity contribution in [3.05, 3.63) is 34.5 Å². The summed E-state index contributed by atoms with van der Waals surface area (Å²) in [5, 5.41) is 13.7. The van der Waals surface area contributed by atoms with Crippen LogP contribution in [0.3, 0.4) is 0 Å². The molecule has 0 atom stereocenters. The molecule has 0 spiro atoms. The van der Waals surface area contributed by atoms with Crippen LogP contribution in [0.15, 0.2) is 12.3 Å². The van der Waals surface area contributed by atoms with E-state index in [9.17, 15) is 0 Å². The van der Waals surface area contributed by atoms with Crippen LogP contribution in [-0.2, 0) is 13.1 Å². The first-order valence-electron chi connectivity index (χ1n) is 6.38. The highest BCUT2D eigenvalue weighted by atomic mass is 35.5. The van der Waals surface area contributed by atoms with Crippen LogP contribution < -0.4 is 4.90 Å². The van der Waals surface area contributed by atoms with Crippen molar-refractivity contribution in [1.82, 2.24) is 19.7 Å². The lowest BCUT2D eigenvalue weighted by molar-refractivity contribution is 0.589. The fraction of sp³-hybridized carbons (Fsp3) is 0.385. The second-order valence-corrected chi connectivity index (χ2v) is 5.13. The van der Waals surface area contributed by atoms with Crippen LogP contribution in [0.25, 0.3) is 0 Å². The summed E-state index contributed by atoms with van der Waals surface area (Å²) in [6.07, 6.45) is 2.56. The maximum absolute atomic E-state index is 8.94. The molecule has 0 fully saturated rings. The lowest BCUT2D eigenvalue weighted by Gasteiger charge is -2.22. The number of fused-ring (bicyclic) bond motifs is 1. The molecule has 1 aliphatic rings. The smallest absolute Gasteiger partial charge is 0.162 e. The third-order valence-corrected chi connectivity index (χ3v) is 3.54. The lowest BCUT2D eigenvalue weighted by atomic mass is 10.3. The summed E-state index contributed by atoms with van der Waals surface area (Å²) < 4.78 is 1.89. The van der Waals surface area contributed by atoms with Crippen molar-refractivity contribution in [2.24, 2.45) is 0 Å². The number of hydrogen-bond acceptors (Lipinski definition) is 5. The van der Waals surface area contributed by atoms with E-state index >= 15 is 0 Å². The van der Waals surface area contributed by atoms with Gasteiger partial charge in [-0.3, -0.25) is 4.68 Å². The fourth-order valence-corrected chi connectivity index (χ4v) is 2.57. The van der Waals surface area contributed by atoms with Gasteiger partial charge in [0.1, 0.15) is 16.9 Å². The van der Waals surface area contributed by atoms with Gasteiger partial charge >= 0.3 is 0 Å². The van der Waals surface area contributed by atoms with E-state index < -0.39 is 0 Å². The van der Waals surface area contributed by atoms with Gasteiger partial charge in [-0.2, -0.15) is 10.4 Å². The average molecular weight is 289 g/mol. The van der Waals surface area contributed by atoms with Crippen LogP contribution in [0.4, 0.5) is 5.82 Å². The van der Waals surface area contributed by atoms with Crippen LogP contribution in [0.5, 0.6) is 0 Å². The first kappa shape index (κ1) is 12.9. The van der Waals surface area contributed by atoms with Gasteiger partial charge < -0.3 is 4.90 Å². The summed E-state index contributed by atoms with van der Waals surface area (Å²) in [4.78, 5) is 10.6. The van der Waals surface area contributed by atoms with Crippen LogP contribution in [0.1, 0.15) is 23.6 Å². The first-order valence-corrected chi connectivity index (χ1v) is 6.76. The van der Waals surface area contributed by atoms with Crippen molar-refractivity contribution >= 4 is 17.4 Å². The second kappa shape index (κ2) is 5.10. The van der Waals surface area contributed by atoms with Crippen molar-refractivity contribution in [3.8, 4) is 6.07 Å². The standard InChI is InChI=1S/C13H13ClN6/c1-9-16-7-12(14)13(17-9)19-3-2-4-20-11(8-19)5-10(6-15)18-20/h5,7H,2-4,8H2,1H3. The molecule has 0 saturated heterocycles. The molecule has 0 aromatic carbocycles. The zero-order valence-electron chi connectivity index (χ0n) is 11.0. The molecule has 0 bridgehead atoms. The van der Waals surface area contributed by atoms with Crippen LogP contribution in [-0.4, -0.2) is 26.3 Å². The molecule has 2 aromatic rings. The summed E-state index contributed by atoms with van der Waals surface area (Å²) in [7, 11) is 0. The molecule has 7 heteroatoms. The predicted molar refractivity (Wildman–Crippen MR) is 74.4 cm³/mol. The van der Waals surface area contributed by atoms with Crippen molar-refractivity contribution in [2.45, 2.75) is 26.4 Å². The Labute approximate surface area is 121 Å². The molecule has 6 nitrogen and oxygen atoms in total. The van der Waals surface area contributed by atoms with Gasteiger partial charge in [0.05, 0.1) is 18.4 Å². The molecule has 102 valence electrons. The summed E-state index contributed by atoms with van der Waals surface area (Å²) in [6, 6.07) is 3.90. The fourth-order valence-electron chi connectivity index (χ4n) is 2.36. The number of aromatic nitrogens is 4. The van der Waals surface area contributed by atoms with E-state index in [1.165, 1.54) is 0 Å². The molecule has 0 saturated carbocycles. The number of anilines is 1. The Morgan fingerprint density at radius 2 is 2.25 bits per heavy atom. The highest BCUT2D eigenvalue weighted by Gasteiger charge is 2.20. The molecule has 0 N–H and O–H groups in total. The van der Waals surface area contributed by atoms with E-state index in [0.717, 1.165) is 31.0 Å². The Kier molecular flexibility index (Phi) is 3.28. The SMILES string of the molecule is Cc1ncc(Cl)c(N2CCCn3nc(C#N)cc3C2)n1. The molecule has 3 heterocycles. The number of rotatable bonds is 1. The Morgan fingerprint density at radius 3 is 3.05 bits per heavy atom. The molecular weight excluding hydrogens is 276 g/mol. The highest BCUT2D eigenvalue weighted by Crippen LogP contribution is 2.26. The Hall–Kier alpha value is -2.13. The zero-order valence-corrected chi connectivity index (χ0v) is 11.8. The Balaban J connectivity index is 1.96. The average Bonchev–Trinajstić information content (AvgIpc) is 2.73. The molecule has 0 amide bonds. The molecular formula is C13H13ClN6. The summed E-state index contributed by atoms with van der Waals surface area (Å²) in [6.45, 7) is 4.14. The van der Waals surface area contributed by atoms with E-state index in [4.69, 9.17) is 16.9 Å². The van der Waals surface area contributed by atoms with E-state index in [2.05, 4.69) is 26.0 Å². The van der Waals surface area contributed by atoms with E-state index in [0.29, 0.717) is 23.1 Å². The van der Waals surface area contributed by atoms with Gasteiger partial charge in [0, 0.05) is 13.1 Å². The van der Waals surface area contributed by atoms with Gasteiger partial charge in [0.25, 0.3) is 0 Å². The monoisotopic (exact) mass is 288 g/mol. The highest BCUT2D eigenvalue weighted by molar-refractivity contribution is 6.32. The van der Waals surface area contributed by atoms with E-state index in [-0.39, 0.29) is 0 Å². The minimum Gasteiger partial charge on any atom is -0.349 e. The van der Waals surface area contributed by atoms with Crippen LogP contribution >= 0.6 is 11.6 Å². The predicted octanol–water partition coefficient (Wildman–Crippen LogP) is 1.92. The van der Waals surface area contributed by atoms with Crippen LogP contribution in [0, 0.1) is 18.3 Å². The third kappa shape index (κ3) is 2.32. The Morgan fingerprint density at radius 1 is 1.40 bits per heavy atom. The van der Waals surface area contributed by atoms with E-state index in [1.807, 2.05) is 17.7 Å². The largest absolute Gasteiger partial charge is 0.349 e. The Bertz CT molecular complexity index is 687.